The number of non-ortho nitro benzene ring substituents is 1. The standard InChI is InChI=1S/C22H17ClN4O5S/c1-12-16-11-19(33-21(16)26(25-12)14-6-4-3-5-7-14)22(29)32-13(2)20(28)24-18-9-8-15(27(30)31)10-17(18)23/h3-11,13H,1-2H3,(H,24,28)/t13-/m0/s1. The number of nitrogens with zero attached hydrogens (tertiary/aromatic N) is 3. The minimum absolute atomic E-state index is 0.00141. The molecule has 0 saturated carbocycles. The molecule has 2 aromatic heterocycles. The second-order valence-corrected chi connectivity index (χ2v) is 8.56. The molecule has 1 N–H and O–H groups in total. The Labute approximate surface area is 196 Å². The molecule has 0 saturated heterocycles. The van der Waals surface area contributed by atoms with Gasteiger partial charge < -0.3 is 10.1 Å². The van der Waals surface area contributed by atoms with Crippen LogP contribution in [0.1, 0.15) is 22.3 Å². The van der Waals surface area contributed by atoms with Crippen molar-refractivity contribution in [1.82, 2.24) is 9.78 Å². The number of aromatic nitrogens is 2. The summed E-state index contributed by atoms with van der Waals surface area (Å²) >= 11 is 7.22. The Bertz CT molecular complexity index is 1380. The molecule has 11 heteroatoms. The number of carbonyl (C=O) groups is 2. The lowest BCUT2D eigenvalue weighted by Crippen LogP contribution is -2.29. The summed E-state index contributed by atoms with van der Waals surface area (Å²) in [6.45, 7) is 3.28. The van der Waals surface area contributed by atoms with E-state index in [0.29, 0.717) is 4.88 Å². The van der Waals surface area contributed by atoms with Gasteiger partial charge in [0.15, 0.2) is 6.10 Å². The van der Waals surface area contributed by atoms with Crippen molar-refractivity contribution in [2.45, 2.75) is 20.0 Å². The van der Waals surface area contributed by atoms with Crippen molar-refractivity contribution in [2.24, 2.45) is 0 Å². The fourth-order valence-corrected chi connectivity index (χ4v) is 4.41. The number of ether oxygens (including phenoxy) is 1. The maximum absolute atomic E-state index is 12.7. The normalized spacial score (nSPS) is 11.8. The van der Waals surface area contributed by atoms with E-state index in [1.165, 1.54) is 30.4 Å². The number of esters is 1. The van der Waals surface area contributed by atoms with Gasteiger partial charge in [0.25, 0.3) is 11.6 Å². The summed E-state index contributed by atoms with van der Waals surface area (Å²) in [6, 6.07) is 14.9. The highest BCUT2D eigenvalue weighted by Gasteiger charge is 2.23. The average molecular weight is 485 g/mol. The quantitative estimate of drug-likeness (QED) is 0.230. The van der Waals surface area contributed by atoms with E-state index in [9.17, 15) is 19.7 Å². The van der Waals surface area contributed by atoms with Crippen LogP contribution in [0, 0.1) is 17.0 Å². The number of anilines is 1. The molecule has 4 rings (SSSR count). The number of nitro groups is 1. The highest BCUT2D eigenvalue weighted by Crippen LogP contribution is 2.31. The molecule has 0 fully saturated rings. The van der Waals surface area contributed by atoms with E-state index in [4.69, 9.17) is 16.3 Å². The van der Waals surface area contributed by atoms with Crippen LogP contribution in [0.2, 0.25) is 5.02 Å². The molecule has 33 heavy (non-hydrogen) atoms. The van der Waals surface area contributed by atoms with Crippen LogP contribution in [0.4, 0.5) is 11.4 Å². The van der Waals surface area contributed by atoms with Gasteiger partial charge in [-0.1, -0.05) is 29.8 Å². The molecule has 0 radical (unpaired) electrons. The van der Waals surface area contributed by atoms with E-state index in [2.05, 4.69) is 10.4 Å². The zero-order chi connectivity index (χ0) is 23.7. The summed E-state index contributed by atoms with van der Waals surface area (Å²) in [7, 11) is 0. The van der Waals surface area contributed by atoms with E-state index in [1.807, 2.05) is 37.3 Å². The second-order valence-electron chi connectivity index (χ2n) is 7.12. The molecule has 0 aliphatic carbocycles. The number of hydrogen-bond acceptors (Lipinski definition) is 7. The number of aryl methyl sites for hydroxylation is 1. The highest BCUT2D eigenvalue weighted by atomic mass is 35.5. The second kappa shape index (κ2) is 9.00. The lowest BCUT2D eigenvalue weighted by molar-refractivity contribution is -0.384. The Morgan fingerprint density at radius 2 is 1.94 bits per heavy atom. The summed E-state index contributed by atoms with van der Waals surface area (Å²) < 4.78 is 7.10. The summed E-state index contributed by atoms with van der Waals surface area (Å²) in [5.74, 6) is -1.26. The third-order valence-electron chi connectivity index (χ3n) is 4.82. The largest absolute Gasteiger partial charge is 0.448 e. The molecule has 9 nitrogen and oxygen atoms in total. The van der Waals surface area contributed by atoms with Crippen LogP contribution in [0.5, 0.6) is 0 Å². The van der Waals surface area contributed by atoms with Gasteiger partial charge in [-0.05, 0) is 38.1 Å². The highest BCUT2D eigenvalue weighted by molar-refractivity contribution is 7.20. The number of carbonyl (C=O) groups excluding carboxylic acids is 2. The lowest BCUT2D eigenvalue weighted by atomic mass is 10.2. The van der Waals surface area contributed by atoms with Crippen LogP contribution in [0.3, 0.4) is 0 Å². The maximum atomic E-state index is 12.7. The minimum atomic E-state index is -1.12. The first kappa shape index (κ1) is 22.4. The zero-order valence-corrected chi connectivity index (χ0v) is 19.0. The number of para-hydroxylation sites is 1. The predicted molar refractivity (Wildman–Crippen MR) is 125 cm³/mol. The van der Waals surface area contributed by atoms with Crippen molar-refractivity contribution < 1.29 is 19.2 Å². The van der Waals surface area contributed by atoms with Crippen molar-refractivity contribution in [3.8, 4) is 5.69 Å². The fourth-order valence-electron chi connectivity index (χ4n) is 3.12. The number of nitro benzene ring substituents is 1. The van der Waals surface area contributed by atoms with Crippen LogP contribution in [-0.2, 0) is 9.53 Å². The summed E-state index contributed by atoms with van der Waals surface area (Å²) in [5.41, 5.74) is 1.61. The van der Waals surface area contributed by atoms with E-state index in [-0.39, 0.29) is 16.4 Å². The maximum Gasteiger partial charge on any atom is 0.349 e. The Hall–Kier alpha value is -3.76. The third-order valence-corrected chi connectivity index (χ3v) is 6.22. The fraction of sp³-hybridized carbons (Fsp3) is 0.136. The Morgan fingerprint density at radius 1 is 1.21 bits per heavy atom. The number of halogens is 1. The Kier molecular flexibility index (Phi) is 6.12. The molecule has 168 valence electrons. The Morgan fingerprint density at radius 3 is 2.61 bits per heavy atom. The molecule has 2 aromatic carbocycles. The summed E-state index contributed by atoms with van der Waals surface area (Å²) in [4.78, 5) is 36.5. The van der Waals surface area contributed by atoms with Gasteiger partial charge in [-0.15, -0.1) is 11.3 Å². The molecule has 0 bridgehead atoms. The third kappa shape index (κ3) is 4.57. The van der Waals surface area contributed by atoms with Crippen LogP contribution >= 0.6 is 22.9 Å². The van der Waals surface area contributed by atoms with Gasteiger partial charge >= 0.3 is 5.97 Å². The van der Waals surface area contributed by atoms with Gasteiger partial charge in [0, 0.05) is 17.5 Å². The summed E-state index contributed by atoms with van der Waals surface area (Å²) in [6.07, 6.45) is -1.12. The van der Waals surface area contributed by atoms with Gasteiger partial charge in [0.2, 0.25) is 0 Å². The SMILES string of the molecule is Cc1nn(-c2ccccc2)c2sc(C(=O)O[C@@H](C)C(=O)Nc3ccc([N+](=O)[O-])cc3Cl)cc12. The lowest BCUT2D eigenvalue weighted by Gasteiger charge is -2.13. The first-order valence-corrected chi connectivity index (χ1v) is 10.9. The molecular weight excluding hydrogens is 468 g/mol. The molecule has 1 amide bonds. The number of rotatable bonds is 6. The number of thiophene rings is 1. The predicted octanol–water partition coefficient (Wildman–Crippen LogP) is 5.14. The van der Waals surface area contributed by atoms with Gasteiger partial charge in [0.05, 0.1) is 27.0 Å². The zero-order valence-electron chi connectivity index (χ0n) is 17.4. The van der Waals surface area contributed by atoms with Crippen molar-refractivity contribution in [3.05, 3.63) is 80.3 Å². The molecule has 0 unspecified atom stereocenters. The topological polar surface area (TPSA) is 116 Å². The molecule has 0 aliphatic rings. The number of amides is 1. The minimum Gasteiger partial charge on any atom is -0.448 e. The molecule has 0 aliphatic heterocycles. The Balaban J connectivity index is 1.49. The monoisotopic (exact) mass is 484 g/mol. The number of fused-ring (bicyclic) bond motifs is 1. The van der Waals surface area contributed by atoms with Crippen LogP contribution in [-0.4, -0.2) is 32.7 Å². The smallest absolute Gasteiger partial charge is 0.349 e. The molecule has 0 spiro atoms. The van der Waals surface area contributed by atoms with E-state index < -0.39 is 22.9 Å². The van der Waals surface area contributed by atoms with E-state index in [1.54, 1.807) is 10.7 Å². The van der Waals surface area contributed by atoms with Gasteiger partial charge in [0.1, 0.15) is 9.71 Å². The first-order chi connectivity index (χ1) is 15.7. The van der Waals surface area contributed by atoms with Crippen LogP contribution < -0.4 is 5.32 Å². The average Bonchev–Trinajstić information content (AvgIpc) is 3.36. The van der Waals surface area contributed by atoms with Crippen molar-refractivity contribution in [3.63, 3.8) is 0 Å². The number of benzene rings is 2. The molecular formula is C22H17ClN4O5S. The van der Waals surface area contributed by atoms with Gasteiger partial charge in [-0.2, -0.15) is 5.10 Å². The number of nitrogens with one attached hydrogen (secondary N) is 1. The molecule has 1 atom stereocenters. The van der Waals surface area contributed by atoms with Gasteiger partial charge in [-0.3, -0.25) is 14.9 Å². The van der Waals surface area contributed by atoms with Crippen molar-refractivity contribution >= 4 is 56.4 Å². The summed E-state index contributed by atoms with van der Waals surface area (Å²) in [5, 5.41) is 18.7. The van der Waals surface area contributed by atoms with Crippen LogP contribution in [0.15, 0.2) is 54.6 Å². The number of hydrogen-bond donors (Lipinski definition) is 1. The van der Waals surface area contributed by atoms with Crippen LogP contribution in [0.25, 0.3) is 15.9 Å². The first-order valence-electron chi connectivity index (χ1n) is 9.75. The molecule has 2 heterocycles. The van der Waals surface area contributed by atoms with Crippen molar-refractivity contribution in [1.29, 1.82) is 0 Å². The van der Waals surface area contributed by atoms with E-state index >= 15 is 0 Å². The van der Waals surface area contributed by atoms with E-state index in [0.717, 1.165) is 27.7 Å². The van der Waals surface area contributed by atoms with Gasteiger partial charge in [-0.25, -0.2) is 9.48 Å². The molecule has 4 aromatic rings. The van der Waals surface area contributed by atoms with Crippen molar-refractivity contribution in [2.75, 3.05) is 5.32 Å².